The highest BCUT2D eigenvalue weighted by Gasteiger charge is 2.18. The molecule has 11 heavy (non-hydrogen) atoms. The number of thiophene rings is 1. The molecule has 0 aliphatic rings. The molecular weight excluding hydrogens is 159 g/mol. The van der Waals surface area contributed by atoms with E-state index in [0.29, 0.717) is 11.4 Å². The van der Waals surface area contributed by atoms with Crippen LogP contribution in [0.1, 0.15) is 24.6 Å². The van der Waals surface area contributed by atoms with Crippen LogP contribution in [0.2, 0.25) is 0 Å². The van der Waals surface area contributed by atoms with E-state index in [1.54, 1.807) is 17.4 Å². The van der Waals surface area contributed by atoms with Crippen LogP contribution in [0.4, 0.5) is 0 Å². The lowest BCUT2D eigenvalue weighted by molar-refractivity contribution is 0.425. The summed E-state index contributed by atoms with van der Waals surface area (Å²) >= 11 is 1.57. The highest BCUT2D eigenvalue weighted by Crippen LogP contribution is 2.17. The second-order valence-electron chi connectivity index (χ2n) is 2.77. The van der Waals surface area contributed by atoms with Crippen molar-refractivity contribution in [2.24, 2.45) is 0 Å². The monoisotopic (exact) mass is 170 g/mol. The molecule has 1 heterocycles. The summed E-state index contributed by atoms with van der Waals surface area (Å²) in [6.07, 6.45) is 0. The minimum atomic E-state index is -1.32. The van der Waals surface area contributed by atoms with Gasteiger partial charge in [0.1, 0.15) is 0 Å². The Bertz CT molecular complexity index is 210. The third-order valence-corrected chi connectivity index (χ3v) is 2.76. The first-order valence-electron chi connectivity index (χ1n) is 3.56. The fourth-order valence-electron chi connectivity index (χ4n) is 1.01. The minimum absolute atomic E-state index is 0.367. The van der Waals surface area contributed by atoms with Gasteiger partial charge in [-0.3, -0.25) is 0 Å². The Hall–Kier alpha value is -0.315. The lowest BCUT2D eigenvalue weighted by Gasteiger charge is -2.04. The fraction of sp³-hybridized carbons (Fsp3) is 0.429. The molecule has 0 unspecified atom stereocenters. The van der Waals surface area contributed by atoms with Gasteiger partial charge < -0.3 is 10.0 Å². The Morgan fingerprint density at radius 3 is 2.45 bits per heavy atom. The average Bonchev–Trinajstić information content (AvgIpc) is 2.32. The Labute approximate surface area is 70.6 Å². The fourth-order valence-corrected chi connectivity index (χ4v) is 1.96. The van der Waals surface area contributed by atoms with Crippen LogP contribution in [-0.2, 0) is 0 Å². The van der Waals surface area contributed by atoms with Crippen molar-refractivity contribution in [3.8, 4) is 0 Å². The molecule has 0 aliphatic heterocycles. The van der Waals surface area contributed by atoms with Crippen LogP contribution in [-0.4, -0.2) is 17.2 Å². The zero-order valence-corrected chi connectivity index (χ0v) is 7.43. The first-order chi connectivity index (χ1) is 5.13. The van der Waals surface area contributed by atoms with E-state index in [1.165, 1.54) is 0 Å². The number of hydrogen-bond acceptors (Lipinski definition) is 3. The highest BCUT2D eigenvalue weighted by molar-refractivity contribution is 7.11. The second-order valence-corrected chi connectivity index (χ2v) is 3.72. The molecule has 0 amide bonds. The molecule has 2 nitrogen and oxygen atoms in total. The second kappa shape index (κ2) is 3.39. The zero-order valence-electron chi connectivity index (χ0n) is 6.61. The Morgan fingerprint density at radius 1 is 1.45 bits per heavy atom. The third-order valence-electron chi connectivity index (χ3n) is 1.53. The minimum Gasteiger partial charge on any atom is -0.423 e. The van der Waals surface area contributed by atoms with Crippen molar-refractivity contribution in [1.82, 2.24) is 0 Å². The summed E-state index contributed by atoms with van der Waals surface area (Å²) in [5, 5.41) is 19.7. The van der Waals surface area contributed by atoms with Gasteiger partial charge in [0.2, 0.25) is 0 Å². The van der Waals surface area contributed by atoms with Gasteiger partial charge in [-0.05, 0) is 16.8 Å². The molecule has 60 valence electrons. The van der Waals surface area contributed by atoms with Crippen LogP contribution in [0.25, 0.3) is 0 Å². The van der Waals surface area contributed by atoms with Crippen LogP contribution in [0.5, 0.6) is 0 Å². The quantitative estimate of drug-likeness (QED) is 0.636. The molecule has 0 saturated carbocycles. The van der Waals surface area contributed by atoms with Gasteiger partial charge in [0, 0.05) is 4.88 Å². The molecule has 0 spiro atoms. The van der Waals surface area contributed by atoms with Gasteiger partial charge in [0.25, 0.3) is 0 Å². The van der Waals surface area contributed by atoms with Crippen LogP contribution in [0, 0.1) is 0 Å². The summed E-state index contributed by atoms with van der Waals surface area (Å²) < 4.78 is 0. The topological polar surface area (TPSA) is 40.5 Å². The molecule has 0 radical (unpaired) electrons. The molecule has 0 bridgehead atoms. The van der Waals surface area contributed by atoms with Gasteiger partial charge in [-0.2, -0.15) is 0 Å². The SMILES string of the molecule is CC(C)c1sccc1B(O)O. The molecule has 0 aliphatic carbocycles. The van der Waals surface area contributed by atoms with Gasteiger partial charge in [0.15, 0.2) is 0 Å². The first-order valence-corrected chi connectivity index (χ1v) is 4.44. The molecule has 0 fully saturated rings. The van der Waals surface area contributed by atoms with E-state index < -0.39 is 7.12 Å². The van der Waals surface area contributed by atoms with Gasteiger partial charge >= 0.3 is 7.12 Å². The number of hydrogen-bond donors (Lipinski definition) is 2. The smallest absolute Gasteiger partial charge is 0.423 e. The van der Waals surface area contributed by atoms with Crippen molar-refractivity contribution in [1.29, 1.82) is 0 Å². The standard InChI is InChI=1S/C7H11BO2S/c1-5(2)7-6(8(9)10)3-4-11-7/h3-5,9-10H,1-2H3. The lowest BCUT2D eigenvalue weighted by Crippen LogP contribution is -2.31. The van der Waals surface area contributed by atoms with Gasteiger partial charge in [-0.15, -0.1) is 11.3 Å². The van der Waals surface area contributed by atoms with Crippen LogP contribution >= 0.6 is 11.3 Å². The Morgan fingerprint density at radius 2 is 2.09 bits per heavy atom. The van der Waals surface area contributed by atoms with Crippen molar-refractivity contribution in [2.75, 3.05) is 0 Å². The summed E-state index contributed by atoms with van der Waals surface area (Å²) in [5.74, 6) is 0.367. The van der Waals surface area contributed by atoms with Crippen molar-refractivity contribution in [3.05, 3.63) is 16.3 Å². The third kappa shape index (κ3) is 1.83. The molecule has 0 aromatic carbocycles. The van der Waals surface area contributed by atoms with E-state index in [0.717, 1.165) is 4.88 Å². The highest BCUT2D eigenvalue weighted by atomic mass is 32.1. The van der Waals surface area contributed by atoms with Crippen LogP contribution < -0.4 is 5.46 Å². The molecule has 4 heteroatoms. The number of rotatable bonds is 2. The maximum atomic E-state index is 8.90. The summed E-state index contributed by atoms with van der Waals surface area (Å²) in [5.41, 5.74) is 0.644. The van der Waals surface area contributed by atoms with E-state index in [9.17, 15) is 0 Å². The molecule has 1 aromatic heterocycles. The van der Waals surface area contributed by atoms with Crippen molar-refractivity contribution in [2.45, 2.75) is 19.8 Å². The Kier molecular flexibility index (Phi) is 2.70. The molecule has 0 atom stereocenters. The average molecular weight is 170 g/mol. The predicted molar refractivity (Wildman–Crippen MR) is 48.2 cm³/mol. The van der Waals surface area contributed by atoms with E-state index in [1.807, 2.05) is 19.2 Å². The summed E-state index contributed by atoms with van der Waals surface area (Å²) in [6, 6.07) is 1.75. The maximum absolute atomic E-state index is 8.90. The lowest BCUT2D eigenvalue weighted by atomic mass is 9.79. The van der Waals surface area contributed by atoms with Crippen molar-refractivity contribution >= 4 is 23.9 Å². The van der Waals surface area contributed by atoms with Crippen LogP contribution in [0.15, 0.2) is 11.4 Å². The van der Waals surface area contributed by atoms with E-state index in [2.05, 4.69) is 0 Å². The van der Waals surface area contributed by atoms with Gasteiger partial charge in [0.05, 0.1) is 0 Å². The predicted octanol–water partition coefficient (Wildman–Crippen LogP) is 0.551. The van der Waals surface area contributed by atoms with E-state index in [-0.39, 0.29) is 0 Å². The maximum Gasteiger partial charge on any atom is 0.489 e. The zero-order chi connectivity index (χ0) is 8.43. The first kappa shape index (κ1) is 8.78. The van der Waals surface area contributed by atoms with Gasteiger partial charge in [-0.1, -0.05) is 19.9 Å². The molecular formula is C7H11BO2S. The summed E-state index contributed by atoms with van der Waals surface area (Å²) in [4.78, 5) is 1.06. The molecule has 1 aromatic rings. The summed E-state index contributed by atoms with van der Waals surface area (Å²) in [7, 11) is -1.32. The van der Waals surface area contributed by atoms with Crippen molar-refractivity contribution in [3.63, 3.8) is 0 Å². The van der Waals surface area contributed by atoms with Crippen LogP contribution in [0.3, 0.4) is 0 Å². The summed E-state index contributed by atoms with van der Waals surface area (Å²) in [6.45, 7) is 4.08. The van der Waals surface area contributed by atoms with Gasteiger partial charge in [-0.25, -0.2) is 0 Å². The van der Waals surface area contributed by atoms with E-state index in [4.69, 9.17) is 10.0 Å². The molecule has 1 rings (SSSR count). The molecule has 2 N–H and O–H groups in total. The molecule has 0 saturated heterocycles. The Balaban J connectivity index is 2.96. The largest absolute Gasteiger partial charge is 0.489 e. The normalized spacial score (nSPS) is 10.6. The van der Waals surface area contributed by atoms with Crippen molar-refractivity contribution < 1.29 is 10.0 Å². The van der Waals surface area contributed by atoms with E-state index >= 15 is 0 Å².